The molecule has 0 bridgehead atoms. The Morgan fingerprint density at radius 3 is 2.67 bits per heavy atom. The normalized spacial score (nSPS) is 22.8. The van der Waals surface area contributed by atoms with Crippen molar-refractivity contribution in [2.24, 2.45) is 0 Å². The molecule has 114 valence electrons. The van der Waals surface area contributed by atoms with Gasteiger partial charge in [-0.15, -0.1) is 0 Å². The van der Waals surface area contributed by atoms with Crippen LogP contribution in [0.2, 0.25) is 0 Å². The van der Waals surface area contributed by atoms with E-state index < -0.39 is 6.10 Å². The molecule has 1 aliphatic carbocycles. The monoisotopic (exact) mass is 287 g/mol. The molecule has 21 heavy (non-hydrogen) atoms. The minimum atomic E-state index is -0.525. The summed E-state index contributed by atoms with van der Waals surface area (Å²) >= 11 is 0. The van der Waals surface area contributed by atoms with Crippen molar-refractivity contribution >= 4 is 0 Å². The maximum atomic E-state index is 10.0. The molecular weight excluding hydrogens is 262 g/mol. The van der Waals surface area contributed by atoms with Gasteiger partial charge >= 0.3 is 0 Å². The Hall–Kier alpha value is -1.58. The lowest BCUT2D eigenvalue weighted by molar-refractivity contribution is 0.101. The number of aliphatic hydroxyl groups excluding tert-OH is 1. The summed E-state index contributed by atoms with van der Waals surface area (Å²) in [5.41, 5.74) is 2.46. The van der Waals surface area contributed by atoms with Crippen LogP contribution in [0.1, 0.15) is 25.8 Å². The summed E-state index contributed by atoms with van der Waals surface area (Å²) < 4.78 is 5.60. The maximum absolute atomic E-state index is 10.0. The van der Waals surface area contributed by atoms with Gasteiger partial charge in [-0.25, -0.2) is 0 Å². The largest absolute Gasteiger partial charge is 0.491 e. The van der Waals surface area contributed by atoms with Gasteiger partial charge < -0.3 is 15.2 Å². The van der Waals surface area contributed by atoms with Gasteiger partial charge in [0, 0.05) is 12.1 Å². The van der Waals surface area contributed by atoms with E-state index in [2.05, 4.69) is 37.4 Å². The number of benzene rings is 1. The Labute approximate surface area is 127 Å². The standard InChI is InChI=1S/C18H25NO2/c1-14-6-8-17(9-7-14)21-13-16(20)12-19-18(3)10-4-5-15(2)11-18/h4-10,16,19-20H,11-13H2,1-3H3. The summed E-state index contributed by atoms with van der Waals surface area (Å²) in [5, 5.41) is 13.5. The van der Waals surface area contributed by atoms with Crippen molar-refractivity contribution in [2.45, 2.75) is 38.8 Å². The lowest BCUT2D eigenvalue weighted by Gasteiger charge is -2.31. The zero-order chi connectivity index (χ0) is 15.3. The third kappa shape index (κ3) is 5.03. The van der Waals surface area contributed by atoms with Crippen molar-refractivity contribution < 1.29 is 9.84 Å². The molecule has 0 amide bonds. The fourth-order valence-corrected chi connectivity index (χ4v) is 2.48. The van der Waals surface area contributed by atoms with E-state index in [1.54, 1.807) is 0 Å². The van der Waals surface area contributed by atoms with Gasteiger partial charge in [0.15, 0.2) is 0 Å². The van der Waals surface area contributed by atoms with Crippen LogP contribution in [-0.4, -0.2) is 29.9 Å². The van der Waals surface area contributed by atoms with Crippen LogP contribution < -0.4 is 10.1 Å². The predicted octanol–water partition coefficient (Wildman–Crippen LogP) is 2.99. The molecule has 0 saturated heterocycles. The van der Waals surface area contributed by atoms with Gasteiger partial charge in [-0.05, 0) is 39.3 Å². The number of nitrogens with one attached hydrogen (secondary N) is 1. The molecule has 3 nitrogen and oxygen atoms in total. The van der Waals surface area contributed by atoms with E-state index in [1.165, 1.54) is 11.1 Å². The highest BCUT2D eigenvalue weighted by atomic mass is 16.5. The first-order chi connectivity index (χ1) is 9.97. The highest BCUT2D eigenvalue weighted by Crippen LogP contribution is 2.22. The van der Waals surface area contributed by atoms with Crippen LogP contribution in [0.4, 0.5) is 0 Å². The summed E-state index contributed by atoms with van der Waals surface area (Å²) in [6, 6.07) is 7.86. The molecule has 2 N–H and O–H groups in total. The van der Waals surface area contributed by atoms with Crippen molar-refractivity contribution in [1.82, 2.24) is 5.32 Å². The number of allylic oxidation sites excluding steroid dienone is 2. The third-order valence-electron chi connectivity index (χ3n) is 3.70. The molecule has 0 aromatic heterocycles. The fraction of sp³-hybridized carbons (Fsp3) is 0.444. The van der Waals surface area contributed by atoms with E-state index in [-0.39, 0.29) is 5.54 Å². The van der Waals surface area contributed by atoms with Crippen molar-refractivity contribution in [3.05, 3.63) is 53.6 Å². The van der Waals surface area contributed by atoms with Crippen molar-refractivity contribution in [3.8, 4) is 5.75 Å². The van der Waals surface area contributed by atoms with Gasteiger partial charge in [-0.2, -0.15) is 0 Å². The molecule has 1 aromatic rings. The molecule has 3 heteroatoms. The highest BCUT2D eigenvalue weighted by molar-refractivity contribution is 5.26. The van der Waals surface area contributed by atoms with Gasteiger partial charge in [0.2, 0.25) is 0 Å². The number of aryl methyl sites for hydroxylation is 1. The molecule has 0 spiro atoms. The van der Waals surface area contributed by atoms with Crippen LogP contribution in [0.5, 0.6) is 5.75 Å². The number of ether oxygens (including phenoxy) is 1. The predicted molar refractivity (Wildman–Crippen MR) is 86.6 cm³/mol. The number of β-amino-alcohol motifs (C(OH)–C–C–N with tert-alkyl or cyclic N) is 1. The topological polar surface area (TPSA) is 41.5 Å². The molecule has 0 saturated carbocycles. The molecule has 0 fully saturated rings. The van der Waals surface area contributed by atoms with E-state index in [9.17, 15) is 5.11 Å². The van der Waals surface area contributed by atoms with Gasteiger partial charge in [0.1, 0.15) is 18.5 Å². The zero-order valence-electron chi connectivity index (χ0n) is 13.1. The van der Waals surface area contributed by atoms with E-state index in [0.29, 0.717) is 13.2 Å². The summed E-state index contributed by atoms with van der Waals surface area (Å²) in [6.07, 6.45) is 6.78. The Balaban J connectivity index is 1.75. The van der Waals surface area contributed by atoms with Crippen LogP contribution in [-0.2, 0) is 0 Å². The van der Waals surface area contributed by atoms with E-state index >= 15 is 0 Å². The average Bonchev–Trinajstić information content (AvgIpc) is 2.44. The molecule has 0 aliphatic heterocycles. The number of aliphatic hydroxyl groups is 1. The van der Waals surface area contributed by atoms with Gasteiger partial charge in [-0.3, -0.25) is 0 Å². The van der Waals surface area contributed by atoms with Gasteiger partial charge in [-0.1, -0.05) is 41.5 Å². The Kier molecular flexibility index (Phi) is 5.21. The Morgan fingerprint density at radius 1 is 1.29 bits per heavy atom. The van der Waals surface area contributed by atoms with Crippen molar-refractivity contribution in [3.63, 3.8) is 0 Å². The third-order valence-corrected chi connectivity index (χ3v) is 3.70. The first-order valence-electron chi connectivity index (χ1n) is 7.44. The van der Waals surface area contributed by atoms with Crippen LogP contribution in [0.15, 0.2) is 48.1 Å². The summed E-state index contributed by atoms with van der Waals surface area (Å²) in [7, 11) is 0. The molecule has 2 unspecified atom stereocenters. The second kappa shape index (κ2) is 6.92. The smallest absolute Gasteiger partial charge is 0.119 e. The number of hydrogen-bond donors (Lipinski definition) is 2. The zero-order valence-corrected chi connectivity index (χ0v) is 13.1. The number of hydrogen-bond acceptors (Lipinski definition) is 3. The molecule has 2 atom stereocenters. The van der Waals surface area contributed by atoms with Crippen LogP contribution in [0.3, 0.4) is 0 Å². The minimum absolute atomic E-state index is 0.0797. The second-order valence-electron chi connectivity index (χ2n) is 6.13. The summed E-state index contributed by atoms with van der Waals surface area (Å²) in [5.74, 6) is 0.794. The molecule has 0 heterocycles. The first-order valence-corrected chi connectivity index (χ1v) is 7.44. The highest BCUT2D eigenvalue weighted by Gasteiger charge is 2.23. The summed E-state index contributed by atoms with van der Waals surface area (Å²) in [6.45, 7) is 7.12. The van der Waals surface area contributed by atoms with Gasteiger partial charge in [0.25, 0.3) is 0 Å². The average molecular weight is 287 g/mol. The van der Waals surface area contributed by atoms with Crippen LogP contribution in [0.25, 0.3) is 0 Å². The SMILES string of the molecule is CC1=CC=CC(C)(NCC(O)COc2ccc(C)cc2)C1. The van der Waals surface area contributed by atoms with Crippen LogP contribution in [0, 0.1) is 6.92 Å². The van der Waals surface area contributed by atoms with Crippen LogP contribution >= 0.6 is 0 Å². The van der Waals surface area contributed by atoms with Gasteiger partial charge in [0.05, 0.1) is 0 Å². The minimum Gasteiger partial charge on any atom is -0.491 e. The second-order valence-corrected chi connectivity index (χ2v) is 6.13. The fourth-order valence-electron chi connectivity index (χ4n) is 2.48. The molecular formula is C18H25NO2. The van der Waals surface area contributed by atoms with E-state index in [4.69, 9.17) is 4.74 Å². The molecule has 0 radical (unpaired) electrons. The maximum Gasteiger partial charge on any atom is 0.119 e. The lowest BCUT2D eigenvalue weighted by atomic mass is 9.89. The van der Waals surface area contributed by atoms with Crippen molar-refractivity contribution in [1.29, 1.82) is 0 Å². The van der Waals surface area contributed by atoms with E-state index in [0.717, 1.165) is 12.2 Å². The molecule has 2 rings (SSSR count). The van der Waals surface area contributed by atoms with E-state index in [1.807, 2.05) is 31.2 Å². The Morgan fingerprint density at radius 2 is 2.00 bits per heavy atom. The summed E-state index contributed by atoms with van der Waals surface area (Å²) in [4.78, 5) is 0. The molecule has 1 aliphatic rings. The quantitative estimate of drug-likeness (QED) is 0.845. The first kappa shape index (κ1) is 15.8. The lowest BCUT2D eigenvalue weighted by Crippen LogP contribution is -2.46. The van der Waals surface area contributed by atoms with Crippen molar-refractivity contribution in [2.75, 3.05) is 13.2 Å². The number of rotatable bonds is 6. The Bertz CT molecular complexity index is 519. The molecule has 1 aromatic carbocycles.